The zero-order valence-corrected chi connectivity index (χ0v) is 18.4. The molecule has 2 heteroatoms. The summed E-state index contributed by atoms with van der Waals surface area (Å²) in [5, 5.41) is 8.88. The van der Waals surface area contributed by atoms with E-state index in [9.17, 15) is 4.79 Å². The number of aryl methyl sites for hydroxylation is 1. The van der Waals surface area contributed by atoms with Crippen molar-refractivity contribution >= 4 is 5.97 Å². The van der Waals surface area contributed by atoms with Gasteiger partial charge < -0.3 is 5.11 Å². The number of carboxylic acids is 1. The molecule has 160 valence electrons. The quantitative estimate of drug-likeness (QED) is 0.243. The molecule has 0 fully saturated rings. The Balaban J connectivity index is 1.85. The lowest BCUT2D eigenvalue weighted by Gasteiger charge is -2.05. The Morgan fingerprint density at radius 2 is 1.11 bits per heavy atom. The third-order valence-electron chi connectivity index (χ3n) is 5.67. The van der Waals surface area contributed by atoms with E-state index in [4.69, 9.17) is 5.11 Å². The van der Waals surface area contributed by atoms with Crippen molar-refractivity contribution in [3.63, 3.8) is 0 Å². The van der Waals surface area contributed by atoms with Crippen molar-refractivity contribution in [1.29, 1.82) is 0 Å². The van der Waals surface area contributed by atoms with Gasteiger partial charge in [0.05, 0.1) is 6.42 Å². The monoisotopic (exact) mass is 388 g/mol. The summed E-state index contributed by atoms with van der Waals surface area (Å²) in [6.45, 7) is 2.28. The minimum Gasteiger partial charge on any atom is -0.481 e. The molecular weight excluding hydrogens is 344 g/mol. The van der Waals surface area contributed by atoms with Crippen LogP contribution >= 0.6 is 0 Å². The summed E-state index contributed by atoms with van der Waals surface area (Å²) in [6, 6.07) is 8.07. The van der Waals surface area contributed by atoms with E-state index in [0.717, 1.165) is 12.0 Å². The van der Waals surface area contributed by atoms with Crippen molar-refractivity contribution in [2.45, 2.75) is 122 Å². The normalized spacial score (nSPS) is 11.0. The highest BCUT2D eigenvalue weighted by Crippen LogP contribution is 2.15. The van der Waals surface area contributed by atoms with E-state index in [2.05, 4.69) is 19.1 Å². The fourth-order valence-corrected chi connectivity index (χ4v) is 3.95. The number of hydrogen-bond acceptors (Lipinski definition) is 1. The van der Waals surface area contributed by atoms with Crippen LogP contribution in [0.2, 0.25) is 0 Å². The topological polar surface area (TPSA) is 37.3 Å². The molecule has 2 nitrogen and oxygen atoms in total. The second-order valence-corrected chi connectivity index (χ2v) is 8.44. The number of benzene rings is 1. The van der Waals surface area contributed by atoms with Crippen molar-refractivity contribution in [1.82, 2.24) is 0 Å². The molecule has 0 aliphatic rings. The number of carboxylic acid groups (broad SMARTS) is 1. The summed E-state index contributed by atoms with van der Waals surface area (Å²) >= 11 is 0. The zero-order chi connectivity index (χ0) is 20.3. The van der Waals surface area contributed by atoms with Crippen LogP contribution in [0.3, 0.4) is 0 Å². The van der Waals surface area contributed by atoms with Crippen LogP contribution < -0.4 is 0 Å². The maximum Gasteiger partial charge on any atom is 0.307 e. The first kappa shape index (κ1) is 24.7. The molecule has 0 aliphatic heterocycles. The Morgan fingerprint density at radius 1 is 0.679 bits per heavy atom. The molecule has 28 heavy (non-hydrogen) atoms. The summed E-state index contributed by atoms with van der Waals surface area (Å²) in [7, 11) is 0. The van der Waals surface area contributed by atoms with E-state index in [1.165, 1.54) is 108 Å². The van der Waals surface area contributed by atoms with E-state index in [0.29, 0.717) is 0 Å². The predicted octanol–water partition coefficient (Wildman–Crippen LogP) is 8.12. The molecule has 0 saturated carbocycles. The lowest BCUT2D eigenvalue weighted by molar-refractivity contribution is -0.136. The Bertz CT molecular complexity index is 495. The molecule has 1 aromatic carbocycles. The fourth-order valence-electron chi connectivity index (χ4n) is 3.95. The Labute approximate surface area is 174 Å². The van der Waals surface area contributed by atoms with Gasteiger partial charge in [-0.3, -0.25) is 4.79 Å². The van der Waals surface area contributed by atoms with Crippen LogP contribution in [0, 0.1) is 0 Å². The van der Waals surface area contributed by atoms with Crippen molar-refractivity contribution < 1.29 is 9.90 Å². The Morgan fingerprint density at radius 3 is 1.57 bits per heavy atom. The van der Waals surface area contributed by atoms with Gasteiger partial charge in [0.2, 0.25) is 0 Å². The minimum absolute atomic E-state index is 0.132. The summed E-state index contributed by atoms with van der Waals surface area (Å²) in [6.07, 6.45) is 23.5. The molecule has 0 saturated heterocycles. The first-order chi connectivity index (χ1) is 13.7. The SMILES string of the molecule is CCCCCCCCCCCCCCCCCCc1cccc(CC(=O)O)c1. The highest BCUT2D eigenvalue weighted by atomic mass is 16.4. The number of unbranched alkanes of at least 4 members (excludes halogenated alkanes) is 15. The molecular formula is C26H44O2. The standard InChI is InChI=1S/C26H44O2/c1-2-3-4-5-6-7-8-9-10-11-12-13-14-15-16-17-19-24-20-18-21-25(22-24)23-26(27)28/h18,20-22H,2-17,19,23H2,1H3,(H,27,28). The molecule has 0 atom stereocenters. The van der Waals surface area contributed by atoms with Crippen LogP contribution in [0.1, 0.15) is 121 Å². The van der Waals surface area contributed by atoms with E-state index in [-0.39, 0.29) is 6.42 Å². The van der Waals surface area contributed by atoms with Crippen molar-refractivity contribution in [3.8, 4) is 0 Å². The smallest absolute Gasteiger partial charge is 0.307 e. The molecule has 0 aliphatic carbocycles. The van der Waals surface area contributed by atoms with E-state index in [1.54, 1.807) is 0 Å². The van der Waals surface area contributed by atoms with Crippen LogP contribution in [0.25, 0.3) is 0 Å². The maximum atomic E-state index is 10.8. The summed E-state index contributed by atoms with van der Waals surface area (Å²) < 4.78 is 0. The zero-order valence-electron chi connectivity index (χ0n) is 18.4. The molecule has 0 heterocycles. The molecule has 1 N–H and O–H groups in total. The lowest BCUT2D eigenvalue weighted by Crippen LogP contribution is -2.00. The van der Waals surface area contributed by atoms with Gasteiger partial charge in [-0.2, -0.15) is 0 Å². The van der Waals surface area contributed by atoms with Gasteiger partial charge in [0, 0.05) is 0 Å². The Hall–Kier alpha value is -1.31. The fraction of sp³-hybridized carbons (Fsp3) is 0.731. The van der Waals surface area contributed by atoms with Gasteiger partial charge in [-0.25, -0.2) is 0 Å². The number of aliphatic carboxylic acids is 1. The Kier molecular flexibility index (Phi) is 15.7. The van der Waals surface area contributed by atoms with Crippen LogP contribution in [0.5, 0.6) is 0 Å². The maximum absolute atomic E-state index is 10.8. The van der Waals surface area contributed by atoms with Crippen molar-refractivity contribution in [2.75, 3.05) is 0 Å². The average molecular weight is 389 g/mol. The predicted molar refractivity (Wildman–Crippen MR) is 121 cm³/mol. The van der Waals surface area contributed by atoms with E-state index >= 15 is 0 Å². The highest BCUT2D eigenvalue weighted by molar-refractivity contribution is 5.70. The van der Waals surface area contributed by atoms with Crippen LogP contribution in [0.15, 0.2) is 24.3 Å². The number of carbonyl (C=O) groups is 1. The summed E-state index contributed by atoms with van der Waals surface area (Å²) in [5.41, 5.74) is 2.20. The molecule has 0 radical (unpaired) electrons. The third kappa shape index (κ3) is 14.7. The number of rotatable bonds is 19. The summed E-state index contributed by atoms with van der Waals surface area (Å²) in [5.74, 6) is -0.750. The van der Waals surface area contributed by atoms with Crippen LogP contribution in [0.4, 0.5) is 0 Å². The van der Waals surface area contributed by atoms with Crippen molar-refractivity contribution in [2.24, 2.45) is 0 Å². The van der Waals surface area contributed by atoms with Gasteiger partial charge in [-0.1, -0.05) is 128 Å². The molecule has 0 unspecified atom stereocenters. The van der Waals surface area contributed by atoms with Crippen LogP contribution in [-0.4, -0.2) is 11.1 Å². The van der Waals surface area contributed by atoms with Gasteiger partial charge >= 0.3 is 5.97 Å². The molecule has 1 rings (SSSR count). The van der Waals surface area contributed by atoms with Gasteiger partial charge in [-0.05, 0) is 24.0 Å². The molecule has 0 bridgehead atoms. The van der Waals surface area contributed by atoms with Crippen molar-refractivity contribution in [3.05, 3.63) is 35.4 Å². The molecule has 0 amide bonds. The first-order valence-electron chi connectivity index (χ1n) is 12.0. The van der Waals surface area contributed by atoms with E-state index in [1.807, 2.05) is 12.1 Å². The minimum atomic E-state index is -0.750. The van der Waals surface area contributed by atoms with E-state index < -0.39 is 5.97 Å². The number of hydrogen-bond donors (Lipinski definition) is 1. The van der Waals surface area contributed by atoms with Gasteiger partial charge in [0.25, 0.3) is 0 Å². The summed E-state index contributed by atoms with van der Waals surface area (Å²) in [4.78, 5) is 10.8. The largest absolute Gasteiger partial charge is 0.481 e. The highest BCUT2D eigenvalue weighted by Gasteiger charge is 2.01. The van der Waals surface area contributed by atoms with Gasteiger partial charge in [0.1, 0.15) is 0 Å². The second kappa shape index (κ2) is 17.8. The van der Waals surface area contributed by atoms with Crippen LogP contribution in [-0.2, 0) is 17.6 Å². The average Bonchev–Trinajstić information content (AvgIpc) is 2.67. The second-order valence-electron chi connectivity index (χ2n) is 8.44. The van der Waals surface area contributed by atoms with Gasteiger partial charge in [0.15, 0.2) is 0 Å². The third-order valence-corrected chi connectivity index (χ3v) is 5.67. The first-order valence-corrected chi connectivity index (χ1v) is 12.0. The molecule has 1 aromatic rings. The molecule has 0 aromatic heterocycles. The van der Waals surface area contributed by atoms with Gasteiger partial charge in [-0.15, -0.1) is 0 Å². The lowest BCUT2D eigenvalue weighted by atomic mass is 10.0. The molecule has 0 spiro atoms.